The van der Waals surface area contributed by atoms with Crippen LogP contribution in [0.15, 0.2) is 0 Å². The molecule has 5 rings (SSSR count). The Morgan fingerprint density at radius 1 is 1.16 bits per heavy atom. The van der Waals surface area contributed by atoms with Gasteiger partial charge in [-0.2, -0.15) is 0 Å². The molecule has 0 unspecified atom stereocenters. The summed E-state index contributed by atoms with van der Waals surface area (Å²) in [5.41, 5.74) is 0.390. The molecular weight excluding hydrogens is 312 g/mol. The maximum atomic E-state index is 12.4. The first-order valence-corrected chi connectivity index (χ1v) is 10.6. The van der Waals surface area contributed by atoms with E-state index < -0.39 is 0 Å². The van der Waals surface area contributed by atoms with Crippen LogP contribution in [-0.2, 0) is 9.53 Å². The van der Waals surface area contributed by atoms with Gasteiger partial charge in [-0.05, 0) is 81.0 Å². The lowest BCUT2D eigenvalue weighted by molar-refractivity contribution is -0.136. The van der Waals surface area contributed by atoms with Crippen LogP contribution in [0.1, 0.15) is 72.6 Å². The van der Waals surface area contributed by atoms with Crippen LogP contribution in [0.3, 0.4) is 0 Å². The molecule has 4 saturated carbocycles. The van der Waals surface area contributed by atoms with Crippen LogP contribution in [-0.4, -0.2) is 28.7 Å². The number of rotatable bonds is 1. The molecule has 0 aromatic rings. The molecule has 140 valence electrons. The standard InChI is InChI=1S/C22H34O3/c1-12-9-17(13(2)23)20(3)7-6-16-15(19(12)20)10-18-22(25-18)8-5-14(24)11-21(16,22)4/h12,14-19,24H,5-11H2,1-4H3/t12-,14+,15-,16+,17-,18+,19+,20-,21-,22+/m1/s1. The van der Waals surface area contributed by atoms with Gasteiger partial charge >= 0.3 is 0 Å². The summed E-state index contributed by atoms with van der Waals surface area (Å²) in [6.45, 7) is 9.04. The number of hydrogen-bond acceptors (Lipinski definition) is 3. The van der Waals surface area contributed by atoms with E-state index in [9.17, 15) is 9.90 Å². The van der Waals surface area contributed by atoms with Crippen molar-refractivity contribution in [2.75, 3.05) is 0 Å². The summed E-state index contributed by atoms with van der Waals surface area (Å²) >= 11 is 0. The molecule has 10 atom stereocenters. The largest absolute Gasteiger partial charge is 0.393 e. The van der Waals surface area contributed by atoms with Crippen molar-refractivity contribution in [3.05, 3.63) is 0 Å². The summed E-state index contributed by atoms with van der Waals surface area (Å²) in [6.07, 6.45) is 7.81. The number of carbonyl (C=O) groups excluding carboxylic acids is 1. The first kappa shape index (κ1) is 16.7. The molecule has 0 amide bonds. The summed E-state index contributed by atoms with van der Waals surface area (Å²) in [5, 5.41) is 10.4. The molecule has 0 radical (unpaired) electrons. The Hall–Kier alpha value is -0.410. The predicted octanol–water partition coefficient (Wildman–Crippen LogP) is 3.97. The smallest absolute Gasteiger partial charge is 0.133 e. The fraction of sp³-hybridized carbons (Fsp3) is 0.955. The van der Waals surface area contributed by atoms with E-state index in [0.717, 1.165) is 25.7 Å². The Balaban J connectivity index is 1.53. The molecule has 4 aliphatic carbocycles. The van der Waals surface area contributed by atoms with E-state index in [-0.39, 0.29) is 28.5 Å². The van der Waals surface area contributed by atoms with Gasteiger partial charge in [-0.3, -0.25) is 4.79 Å². The highest BCUT2D eigenvalue weighted by Crippen LogP contribution is 2.74. The highest BCUT2D eigenvalue weighted by molar-refractivity contribution is 5.79. The van der Waals surface area contributed by atoms with Crippen molar-refractivity contribution in [1.29, 1.82) is 0 Å². The van der Waals surface area contributed by atoms with Crippen molar-refractivity contribution >= 4 is 5.78 Å². The number of aliphatic hydroxyl groups is 1. The van der Waals surface area contributed by atoms with Crippen LogP contribution < -0.4 is 0 Å². The Morgan fingerprint density at radius 3 is 2.64 bits per heavy atom. The second-order valence-electron chi connectivity index (χ2n) is 10.8. The maximum absolute atomic E-state index is 12.4. The van der Waals surface area contributed by atoms with Gasteiger partial charge in [0.05, 0.1) is 12.2 Å². The minimum Gasteiger partial charge on any atom is -0.393 e. The van der Waals surface area contributed by atoms with Gasteiger partial charge in [0.15, 0.2) is 0 Å². The minimum absolute atomic E-state index is 0.0724. The number of carbonyl (C=O) groups is 1. The van der Waals surface area contributed by atoms with E-state index in [4.69, 9.17) is 4.74 Å². The summed E-state index contributed by atoms with van der Waals surface area (Å²) in [4.78, 5) is 12.4. The first-order chi connectivity index (χ1) is 11.7. The number of aliphatic hydroxyl groups excluding tert-OH is 1. The van der Waals surface area contributed by atoms with Crippen LogP contribution >= 0.6 is 0 Å². The Labute approximate surface area is 151 Å². The molecule has 0 aromatic heterocycles. The van der Waals surface area contributed by atoms with Crippen molar-refractivity contribution in [2.45, 2.75) is 90.4 Å². The molecule has 25 heavy (non-hydrogen) atoms. The molecule has 1 spiro atoms. The van der Waals surface area contributed by atoms with Crippen LogP contribution in [0.25, 0.3) is 0 Å². The monoisotopic (exact) mass is 346 g/mol. The third-order valence-electron chi connectivity index (χ3n) is 9.84. The molecule has 0 bridgehead atoms. The fourth-order valence-electron chi connectivity index (χ4n) is 8.91. The van der Waals surface area contributed by atoms with Crippen LogP contribution in [0.2, 0.25) is 0 Å². The van der Waals surface area contributed by atoms with Crippen molar-refractivity contribution in [1.82, 2.24) is 0 Å². The first-order valence-electron chi connectivity index (χ1n) is 10.6. The number of ketones is 1. The zero-order chi connectivity index (χ0) is 17.8. The SMILES string of the molecule is CC(=O)[C@H]1C[C@@H](C)[C@H]2[C@@H]3C[C@@H]4O[C@@]45CC[C@H](O)C[C@]5(C)[C@H]3CC[C@@]21C. The summed E-state index contributed by atoms with van der Waals surface area (Å²) in [5.74, 6) is 3.28. The van der Waals surface area contributed by atoms with Crippen molar-refractivity contribution in [2.24, 2.45) is 40.4 Å². The predicted molar refractivity (Wildman–Crippen MR) is 95.9 cm³/mol. The second kappa shape index (κ2) is 4.90. The summed E-state index contributed by atoms with van der Waals surface area (Å²) < 4.78 is 6.43. The minimum atomic E-state index is -0.154. The maximum Gasteiger partial charge on any atom is 0.133 e. The lowest BCUT2D eigenvalue weighted by Crippen LogP contribution is -2.59. The number of Topliss-reactive ketones (excluding diaryl/α,β-unsaturated/α-hetero) is 1. The summed E-state index contributed by atoms with van der Waals surface area (Å²) in [7, 11) is 0. The molecule has 3 nitrogen and oxygen atoms in total. The Kier molecular flexibility index (Phi) is 3.28. The number of hydrogen-bond donors (Lipinski definition) is 1. The Bertz CT molecular complexity index is 616. The van der Waals surface area contributed by atoms with E-state index in [2.05, 4.69) is 20.8 Å². The third-order valence-corrected chi connectivity index (χ3v) is 9.84. The van der Waals surface area contributed by atoms with E-state index in [0.29, 0.717) is 35.6 Å². The van der Waals surface area contributed by atoms with Gasteiger partial charge < -0.3 is 9.84 Å². The Morgan fingerprint density at radius 2 is 1.92 bits per heavy atom. The van der Waals surface area contributed by atoms with Crippen LogP contribution in [0.5, 0.6) is 0 Å². The van der Waals surface area contributed by atoms with Gasteiger partial charge in [0, 0.05) is 11.3 Å². The lowest BCUT2D eigenvalue weighted by Gasteiger charge is -2.59. The van der Waals surface area contributed by atoms with Crippen LogP contribution in [0, 0.1) is 40.4 Å². The molecule has 5 aliphatic rings. The number of ether oxygens (including phenoxy) is 1. The van der Waals surface area contributed by atoms with Gasteiger partial charge in [0.25, 0.3) is 0 Å². The average molecular weight is 347 g/mol. The van der Waals surface area contributed by atoms with Gasteiger partial charge in [-0.25, -0.2) is 0 Å². The molecule has 5 fully saturated rings. The topological polar surface area (TPSA) is 49.8 Å². The number of epoxide rings is 1. The molecule has 1 saturated heterocycles. The van der Waals surface area contributed by atoms with Crippen LogP contribution in [0.4, 0.5) is 0 Å². The third kappa shape index (κ3) is 1.87. The summed E-state index contributed by atoms with van der Waals surface area (Å²) in [6, 6.07) is 0. The van der Waals surface area contributed by atoms with Crippen molar-refractivity contribution < 1.29 is 14.6 Å². The molecule has 1 aliphatic heterocycles. The molecule has 3 heteroatoms. The second-order valence-corrected chi connectivity index (χ2v) is 10.8. The molecule has 1 N–H and O–H groups in total. The van der Waals surface area contributed by atoms with E-state index in [1.165, 1.54) is 19.3 Å². The van der Waals surface area contributed by atoms with E-state index in [1.807, 2.05) is 6.92 Å². The zero-order valence-electron chi connectivity index (χ0n) is 16.3. The zero-order valence-corrected chi connectivity index (χ0v) is 16.3. The van der Waals surface area contributed by atoms with E-state index >= 15 is 0 Å². The van der Waals surface area contributed by atoms with Gasteiger partial charge in [-0.15, -0.1) is 0 Å². The highest BCUT2D eigenvalue weighted by Gasteiger charge is 2.76. The molecular formula is C22H34O3. The van der Waals surface area contributed by atoms with Crippen molar-refractivity contribution in [3.8, 4) is 0 Å². The highest BCUT2D eigenvalue weighted by atomic mass is 16.6. The molecule has 1 heterocycles. The van der Waals surface area contributed by atoms with E-state index in [1.54, 1.807) is 0 Å². The van der Waals surface area contributed by atoms with Crippen molar-refractivity contribution in [3.63, 3.8) is 0 Å². The van der Waals surface area contributed by atoms with Gasteiger partial charge in [-0.1, -0.05) is 20.8 Å². The van der Waals surface area contributed by atoms with Gasteiger partial charge in [0.1, 0.15) is 11.4 Å². The normalized spacial score (nSPS) is 62.4. The lowest BCUT2D eigenvalue weighted by atomic mass is 9.44. The molecule has 0 aromatic carbocycles. The van der Waals surface area contributed by atoms with Gasteiger partial charge in [0.2, 0.25) is 0 Å². The number of fused-ring (bicyclic) bond motifs is 4. The quantitative estimate of drug-likeness (QED) is 0.731. The average Bonchev–Trinajstić information content (AvgIpc) is 3.16. The fourth-order valence-corrected chi connectivity index (χ4v) is 8.91.